The Morgan fingerprint density at radius 2 is 1.83 bits per heavy atom. The Labute approximate surface area is 288 Å². The van der Waals surface area contributed by atoms with Crippen molar-refractivity contribution >= 4 is 17.5 Å². The van der Waals surface area contributed by atoms with Gasteiger partial charge in [0, 0.05) is 61.7 Å². The van der Waals surface area contributed by atoms with Crippen LogP contribution in [-0.2, 0) is 16.9 Å². The van der Waals surface area contributed by atoms with E-state index in [4.69, 9.17) is 21.4 Å². The fraction of sp³-hybridized carbons (Fsp3) is 0.526. The molecule has 10 heteroatoms. The van der Waals surface area contributed by atoms with Crippen molar-refractivity contribution in [3.63, 3.8) is 0 Å². The molecule has 0 spiro atoms. The normalized spacial score (nSPS) is 17.7. The molecular weight excluding hydrogens is 630 g/mol. The first-order valence-electron chi connectivity index (χ1n) is 17.3. The predicted octanol–water partition coefficient (Wildman–Crippen LogP) is 5.31. The number of pyridine rings is 1. The molecule has 48 heavy (non-hydrogen) atoms. The third kappa shape index (κ3) is 9.34. The third-order valence-electron chi connectivity index (χ3n) is 9.72. The molecule has 2 aliphatic carbocycles. The van der Waals surface area contributed by atoms with Gasteiger partial charge >= 0.3 is 0 Å². The van der Waals surface area contributed by atoms with E-state index in [1.165, 1.54) is 23.0 Å². The molecule has 260 valence electrons. The first-order valence-corrected chi connectivity index (χ1v) is 17.6. The number of aliphatic hydroxyl groups excluding tert-OH is 4. The Balaban J connectivity index is 1.17. The van der Waals surface area contributed by atoms with Gasteiger partial charge in [-0.1, -0.05) is 55.3 Å². The number of aromatic nitrogens is 1. The highest BCUT2D eigenvalue weighted by molar-refractivity contribution is 6.31. The molecule has 3 aromatic rings. The molecule has 0 aliphatic heterocycles. The van der Waals surface area contributed by atoms with Gasteiger partial charge in [-0.15, -0.1) is 0 Å². The van der Waals surface area contributed by atoms with Crippen LogP contribution in [0, 0.1) is 0 Å². The van der Waals surface area contributed by atoms with Crippen LogP contribution in [0.5, 0.6) is 5.75 Å². The van der Waals surface area contributed by atoms with Crippen LogP contribution in [-0.4, -0.2) is 80.3 Å². The number of halogens is 1. The van der Waals surface area contributed by atoms with Gasteiger partial charge in [0.1, 0.15) is 11.9 Å². The van der Waals surface area contributed by atoms with Crippen molar-refractivity contribution < 1.29 is 30.0 Å². The van der Waals surface area contributed by atoms with Crippen LogP contribution in [0.3, 0.4) is 0 Å². The van der Waals surface area contributed by atoms with E-state index in [-0.39, 0.29) is 36.9 Å². The van der Waals surface area contributed by atoms with E-state index in [9.17, 15) is 20.1 Å². The van der Waals surface area contributed by atoms with Crippen LogP contribution in [0.15, 0.2) is 60.9 Å². The molecule has 1 aromatic heterocycles. The summed E-state index contributed by atoms with van der Waals surface area (Å²) in [4.78, 5) is 18.2. The number of hydrogen-bond acceptors (Lipinski definition) is 8. The molecule has 2 fully saturated rings. The molecule has 4 atom stereocenters. The van der Waals surface area contributed by atoms with E-state index in [0.29, 0.717) is 19.2 Å². The van der Waals surface area contributed by atoms with Gasteiger partial charge in [-0.25, -0.2) is 0 Å². The molecule has 2 aromatic carbocycles. The topological polar surface area (TPSA) is 135 Å². The van der Waals surface area contributed by atoms with Crippen molar-refractivity contribution in [1.82, 2.24) is 15.2 Å². The highest BCUT2D eigenvalue weighted by Gasteiger charge is 2.46. The lowest BCUT2D eigenvalue weighted by Crippen LogP contribution is -2.46. The van der Waals surface area contributed by atoms with Crippen LogP contribution in [0.4, 0.5) is 0 Å². The number of ether oxygens (including phenoxy) is 1. The summed E-state index contributed by atoms with van der Waals surface area (Å²) in [7, 11) is 0. The lowest BCUT2D eigenvalue weighted by molar-refractivity contribution is -0.133. The van der Waals surface area contributed by atoms with E-state index >= 15 is 0 Å². The zero-order valence-corrected chi connectivity index (χ0v) is 28.8. The minimum Gasteiger partial charge on any atom is -0.490 e. The molecule has 0 saturated heterocycles. The Bertz CT molecular complexity index is 1510. The SMILES string of the molecule is CC(=O)N(CCCCC(C)c1ccc(Cl)c(CNC2(c3cnccc3-c3ccccc3OC3CC3)CC2)c1)CC(O)C(O)C(O)CCO. The number of rotatable bonds is 19. The Hall–Kier alpha value is -3.05. The summed E-state index contributed by atoms with van der Waals surface area (Å²) in [6, 6.07) is 16.6. The molecular formula is C38H50ClN3O6. The van der Waals surface area contributed by atoms with E-state index in [0.717, 1.165) is 72.4 Å². The molecule has 9 nitrogen and oxygen atoms in total. The van der Waals surface area contributed by atoms with Crippen LogP contribution < -0.4 is 10.1 Å². The van der Waals surface area contributed by atoms with Gasteiger partial charge in [-0.05, 0) is 91.3 Å². The van der Waals surface area contributed by atoms with E-state index in [1.807, 2.05) is 24.5 Å². The van der Waals surface area contributed by atoms with Crippen molar-refractivity contribution in [2.24, 2.45) is 0 Å². The second-order valence-electron chi connectivity index (χ2n) is 13.5. The van der Waals surface area contributed by atoms with Gasteiger partial charge in [-0.2, -0.15) is 0 Å². The number of aliphatic hydroxyl groups is 4. The van der Waals surface area contributed by atoms with E-state index in [2.05, 4.69) is 53.6 Å². The van der Waals surface area contributed by atoms with Crippen molar-refractivity contribution in [1.29, 1.82) is 0 Å². The first-order chi connectivity index (χ1) is 23.1. The van der Waals surface area contributed by atoms with Gasteiger partial charge in [-0.3, -0.25) is 9.78 Å². The number of nitrogens with one attached hydrogen (secondary N) is 1. The quantitative estimate of drug-likeness (QED) is 0.108. The largest absolute Gasteiger partial charge is 0.490 e. The van der Waals surface area contributed by atoms with Gasteiger partial charge in [0.25, 0.3) is 0 Å². The summed E-state index contributed by atoms with van der Waals surface area (Å²) in [5.74, 6) is 0.992. The molecule has 2 saturated carbocycles. The first kappa shape index (κ1) is 36.2. The highest BCUT2D eigenvalue weighted by atomic mass is 35.5. The minimum absolute atomic E-state index is 0.0455. The maximum absolute atomic E-state index is 12.2. The van der Waals surface area contributed by atoms with Crippen LogP contribution in [0.1, 0.15) is 87.8 Å². The summed E-state index contributed by atoms with van der Waals surface area (Å²) in [6.45, 7) is 4.31. The molecule has 0 bridgehead atoms. The van der Waals surface area contributed by atoms with Gasteiger partial charge in [0.2, 0.25) is 5.91 Å². The maximum atomic E-state index is 12.2. The zero-order chi connectivity index (χ0) is 34.3. The fourth-order valence-electron chi connectivity index (χ4n) is 6.33. The lowest BCUT2D eigenvalue weighted by Gasteiger charge is -2.28. The number of hydrogen-bond donors (Lipinski definition) is 5. The zero-order valence-electron chi connectivity index (χ0n) is 28.0. The highest BCUT2D eigenvalue weighted by Crippen LogP contribution is 2.50. The molecule has 1 heterocycles. The molecule has 5 N–H and O–H groups in total. The van der Waals surface area contributed by atoms with Crippen molar-refractivity contribution in [2.75, 3.05) is 19.7 Å². The number of nitrogens with zero attached hydrogens (tertiary/aromatic N) is 2. The van der Waals surface area contributed by atoms with Crippen molar-refractivity contribution in [3.05, 3.63) is 82.6 Å². The van der Waals surface area contributed by atoms with Crippen LogP contribution >= 0.6 is 11.6 Å². The maximum Gasteiger partial charge on any atom is 0.219 e. The lowest BCUT2D eigenvalue weighted by atomic mass is 9.93. The number of unbranched alkanes of at least 4 members (excludes halogenated alkanes) is 1. The fourth-order valence-corrected chi connectivity index (χ4v) is 6.51. The number of para-hydroxylation sites is 1. The van der Waals surface area contributed by atoms with Gasteiger partial charge in [0.05, 0.1) is 18.3 Å². The second kappa shape index (κ2) is 16.6. The Morgan fingerprint density at radius 1 is 1.06 bits per heavy atom. The standard InChI is InChI=1S/C38H50ClN3O6/c1-25(7-5-6-19-42(26(2)44)24-35(46)37(47)34(45)15-20-43)27-10-13-33(39)28(21-27)22-41-38(16-17-38)32-23-40-18-14-30(32)31-8-3-4-9-36(31)48-29-11-12-29/h3-4,8-10,13-14,18,21,23,25,29,34-35,37,41,43,45-47H,5-7,11-12,15-17,19-20,22,24H2,1-2H3. The van der Waals surface area contributed by atoms with E-state index in [1.54, 1.807) is 0 Å². The van der Waals surface area contributed by atoms with Crippen LogP contribution in [0.25, 0.3) is 11.1 Å². The summed E-state index contributed by atoms with van der Waals surface area (Å²) >= 11 is 6.72. The average molecular weight is 680 g/mol. The van der Waals surface area contributed by atoms with Crippen molar-refractivity contribution in [2.45, 2.75) is 108 Å². The summed E-state index contributed by atoms with van der Waals surface area (Å²) < 4.78 is 6.27. The minimum atomic E-state index is -1.43. The van der Waals surface area contributed by atoms with E-state index < -0.39 is 18.3 Å². The summed E-state index contributed by atoms with van der Waals surface area (Å²) in [5, 5.41) is 43.9. The summed E-state index contributed by atoms with van der Waals surface area (Å²) in [6.07, 6.45) is 6.88. The van der Waals surface area contributed by atoms with Crippen molar-refractivity contribution in [3.8, 4) is 16.9 Å². The molecule has 4 unspecified atom stereocenters. The average Bonchev–Trinajstić information content (AvgIpc) is 4.03. The predicted molar refractivity (Wildman–Crippen MR) is 187 cm³/mol. The third-order valence-corrected chi connectivity index (χ3v) is 10.1. The Morgan fingerprint density at radius 3 is 2.54 bits per heavy atom. The Kier molecular flexibility index (Phi) is 12.5. The van der Waals surface area contributed by atoms with Gasteiger partial charge in [0.15, 0.2) is 0 Å². The smallest absolute Gasteiger partial charge is 0.219 e. The molecule has 2 aliphatic rings. The molecule has 5 rings (SSSR count). The monoisotopic (exact) mass is 679 g/mol. The number of carbonyl (C=O) groups is 1. The number of benzene rings is 2. The summed E-state index contributed by atoms with van der Waals surface area (Å²) in [5.41, 5.74) is 5.50. The number of amides is 1. The van der Waals surface area contributed by atoms with Gasteiger partial charge < -0.3 is 35.4 Å². The molecule has 1 amide bonds. The molecule has 0 radical (unpaired) electrons. The number of carbonyl (C=O) groups excluding carboxylic acids is 1. The second-order valence-corrected chi connectivity index (χ2v) is 13.9. The van der Waals surface area contributed by atoms with Crippen LogP contribution in [0.2, 0.25) is 5.02 Å².